The Kier molecular flexibility index (Phi) is 7.00. The van der Waals surface area contributed by atoms with Crippen LogP contribution in [0.3, 0.4) is 0 Å². The summed E-state index contributed by atoms with van der Waals surface area (Å²) in [7, 11) is 0. The van der Waals surface area contributed by atoms with Gasteiger partial charge in [0.2, 0.25) is 5.91 Å². The molecule has 7 nitrogen and oxygen atoms in total. The van der Waals surface area contributed by atoms with Crippen LogP contribution < -0.4 is 10.6 Å². The summed E-state index contributed by atoms with van der Waals surface area (Å²) in [6.07, 6.45) is -6.68. The number of carbonyl (C=O) groups is 3. The van der Waals surface area contributed by atoms with Crippen molar-refractivity contribution in [3.63, 3.8) is 0 Å². The first-order chi connectivity index (χ1) is 16.6. The van der Waals surface area contributed by atoms with Crippen LogP contribution in [0.4, 0.5) is 18.0 Å². The molecule has 0 aromatic heterocycles. The zero-order valence-corrected chi connectivity index (χ0v) is 18.7. The molecule has 3 atom stereocenters. The van der Waals surface area contributed by atoms with Crippen molar-refractivity contribution in [1.29, 1.82) is 0 Å². The van der Waals surface area contributed by atoms with Crippen LogP contribution in [0.25, 0.3) is 11.1 Å². The lowest BCUT2D eigenvalue weighted by Crippen LogP contribution is -2.46. The summed E-state index contributed by atoms with van der Waals surface area (Å²) in [5.41, 5.74) is 3.87. The largest absolute Gasteiger partial charge is 0.481 e. The average molecular weight is 490 g/mol. The van der Waals surface area contributed by atoms with E-state index in [0.717, 1.165) is 22.3 Å². The number of carboxylic acid groups (broad SMARTS) is 1. The van der Waals surface area contributed by atoms with E-state index in [4.69, 9.17) is 9.84 Å². The lowest BCUT2D eigenvalue weighted by atomic mass is 9.98. The summed E-state index contributed by atoms with van der Waals surface area (Å²) in [5, 5.41) is 13.2. The lowest BCUT2D eigenvalue weighted by Gasteiger charge is -2.22. The van der Waals surface area contributed by atoms with Crippen LogP contribution in [0.2, 0.25) is 0 Å². The smallest absolute Gasteiger partial charge is 0.408 e. The first-order valence-electron chi connectivity index (χ1n) is 11.3. The van der Waals surface area contributed by atoms with Gasteiger partial charge in [0.1, 0.15) is 12.6 Å². The van der Waals surface area contributed by atoms with Crippen molar-refractivity contribution in [1.82, 2.24) is 10.6 Å². The molecule has 2 amide bonds. The average Bonchev–Trinajstić information content (AvgIpc) is 3.54. The highest BCUT2D eigenvalue weighted by molar-refractivity contribution is 5.79. The Morgan fingerprint density at radius 1 is 1.03 bits per heavy atom. The number of benzene rings is 2. The monoisotopic (exact) mass is 490 g/mol. The zero-order valence-electron chi connectivity index (χ0n) is 18.7. The van der Waals surface area contributed by atoms with Crippen molar-refractivity contribution >= 4 is 18.0 Å². The van der Waals surface area contributed by atoms with Gasteiger partial charge in [-0.05, 0) is 41.0 Å². The molecule has 2 aliphatic carbocycles. The number of rotatable bonds is 9. The number of aliphatic carboxylic acids is 1. The SMILES string of the molecule is O=C(CC[C@H](NC(=O)OCC1c2ccccc2-c2ccccc21)C(F)(F)F)NCC1CC1C(=O)O. The molecule has 2 aromatic rings. The molecule has 4 rings (SSSR count). The quantitative estimate of drug-likeness (QED) is 0.492. The molecule has 2 aromatic carbocycles. The van der Waals surface area contributed by atoms with E-state index in [1.54, 1.807) is 0 Å². The highest BCUT2D eigenvalue weighted by Crippen LogP contribution is 2.44. The first-order valence-corrected chi connectivity index (χ1v) is 11.3. The molecule has 186 valence electrons. The van der Waals surface area contributed by atoms with Gasteiger partial charge in [0.25, 0.3) is 0 Å². The number of hydrogen-bond donors (Lipinski definition) is 3. The van der Waals surface area contributed by atoms with Crippen LogP contribution in [-0.2, 0) is 14.3 Å². The van der Waals surface area contributed by atoms with Crippen LogP contribution in [0.5, 0.6) is 0 Å². The number of hydrogen-bond acceptors (Lipinski definition) is 4. The minimum Gasteiger partial charge on any atom is -0.481 e. The van der Waals surface area contributed by atoms with Crippen LogP contribution >= 0.6 is 0 Å². The maximum absolute atomic E-state index is 13.5. The Morgan fingerprint density at radius 3 is 2.17 bits per heavy atom. The van der Waals surface area contributed by atoms with Gasteiger partial charge in [0.05, 0.1) is 5.92 Å². The molecule has 1 fully saturated rings. The molecule has 10 heteroatoms. The van der Waals surface area contributed by atoms with Gasteiger partial charge in [-0.25, -0.2) is 4.79 Å². The van der Waals surface area contributed by atoms with Gasteiger partial charge < -0.3 is 20.5 Å². The van der Waals surface area contributed by atoms with E-state index in [1.165, 1.54) is 0 Å². The number of halogens is 3. The van der Waals surface area contributed by atoms with E-state index in [0.29, 0.717) is 6.42 Å². The fourth-order valence-electron chi connectivity index (χ4n) is 4.48. The Labute approximate surface area is 199 Å². The number of alkyl halides is 3. The van der Waals surface area contributed by atoms with Gasteiger partial charge >= 0.3 is 18.2 Å². The second-order valence-electron chi connectivity index (χ2n) is 8.85. The summed E-state index contributed by atoms with van der Waals surface area (Å²) in [4.78, 5) is 35.0. The minimum atomic E-state index is -4.77. The molecule has 0 aliphatic heterocycles. The highest BCUT2D eigenvalue weighted by Gasteiger charge is 2.43. The number of carbonyl (C=O) groups excluding carboxylic acids is 2. The predicted molar refractivity (Wildman–Crippen MR) is 120 cm³/mol. The van der Waals surface area contributed by atoms with Crippen LogP contribution in [-0.4, -0.2) is 48.4 Å². The molecule has 2 unspecified atom stereocenters. The van der Waals surface area contributed by atoms with Gasteiger partial charge in [-0.2, -0.15) is 13.2 Å². The molecule has 35 heavy (non-hydrogen) atoms. The number of amides is 2. The normalized spacial score (nSPS) is 19.3. The lowest BCUT2D eigenvalue weighted by molar-refractivity contribution is -0.156. The molecule has 1 saturated carbocycles. The third-order valence-corrected chi connectivity index (χ3v) is 6.49. The number of carboxylic acids is 1. The van der Waals surface area contributed by atoms with Crippen molar-refractivity contribution in [3.05, 3.63) is 59.7 Å². The van der Waals surface area contributed by atoms with E-state index in [-0.39, 0.29) is 25.0 Å². The van der Waals surface area contributed by atoms with Crippen molar-refractivity contribution in [2.24, 2.45) is 11.8 Å². The Morgan fingerprint density at radius 2 is 1.63 bits per heavy atom. The van der Waals surface area contributed by atoms with Crippen molar-refractivity contribution in [3.8, 4) is 11.1 Å². The van der Waals surface area contributed by atoms with Gasteiger partial charge in [0.15, 0.2) is 0 Å². The van der Waals surface area contributed by atoms with Crippen molar-refractivity contribution in [2.45, 2.75) is 37.4 Å². The fraction of sp³-hybridized carbons (Fsp3) is 0.400. The second-order valence-corrected chi connectivity index (χ2v) is 8.85. The number of ether oxygens (including phenoxy) is 1. The molecule has 0 radical (unpaired) electrons. The van der Waals surface area contributed by atoms with E-state index < -0.39 is 48.9 Å². The Balaban J connectivity index is 1.29. The van der Waals surface area contributed by atoms with Crippen LogP contribution in [0.1, 0.15) is 36.3 Å². The van der Waals surface area contributed by atoms with Crippen molar-refractivity contribution < 1.29 is 37.4 Å². The van der Waals surface area contributed by atoms with Gasteiger partial charge in [-0.1, -0.05) is 48.5 Å². The standard InChI is InChI=1S/C25H25F3N2O5/c26-25(27,28)21(9-10-22(31)29-12-14-11-19(14)23(32)33)30-24(34)35-13-20-17-7-3-1-5-15(17)16-6-2-4-8-18(16)20/h1-8,14,19-21H,9-13H2,(H,29,31)(H,30,34)(H,32,33)/t14?,19?,21-/m0/s1. The molecular formula is C25H25F3N2O5. The van der Waals surface area contributed by atoms with E-state index in [9.17, 15) is 27.6 Å². The summed E-state index contributed by atoms with van der Waals surface area (Å²) in [6, 6.07) is 12.9. The molecule has 2 aliphatic rings. The summed E-state index contributed by atoms with van der Waals surface area (Å²) in [6.45, 7) is -0.0245. The second kappa shape index (κ2) is 9.97. The summed E-state index contributed by atoms with van der Waals surface area (Å²) >= 11 is 0. The number of alkyl carbamates (subject to hydrolysis) is 1. The summed E-state index contributed by atoms with van der Waals surface area (Å²) < 4.78 is 45.6. The van der Waals surface area contributed by atoms with Crippen LogP contribution in [0.15, 0.2) is 48.5 Å². The first kappa shape index (κ1) is 24.6. The molecule has 0 bridgehead atoms. The molecule has 0 spiro atoms. The maximum atomic E-state index is 13.5. The van der Waals surface area contributed by atoms with Gasteiger partial charge in [-0.15, -0.1) is 0 Å². The minimum absolute atomic E-state index is 0.103. The topological polar surface area (TPSA) is 105 Å². The highest BCUT2D eigenvalue weighted by atomic mass is 19.4. The van der Waals surface area contributed by atoms with Crippen molar-refractivity contribution in [2.75, 3.05) is 13.2 Å². The fourth-order valence-corrected chi connectivity index (χ4v) is 4.48. The third-order valence-electron chi connectivity index (χ3n) is 6.49. The molecular weight excluding hydrogens is 465 g/mol. The molecule has 0 saturated heterocycles. The summed E-state index contributed by atoms with van der Waals surface area (Å²) in [5.74, 6) is -2.60. The van der Waals surface area contributed by atoms with Gasteiger partial charge in [0, 0.05) is 18.9 Å². The van der Waals surface area contributed by atoms with E-state index in [1.807, 2.05) is 53.8 Å². The Hall–Kier alpha value is -3.56. The van der Waals surface area contributed by atoms with Crippen LogP contribution in [0, 0.1) is 11.8 Å². The Bertz CT molecular complexity index is 1070. The van der Waals surface area contributed by atoms with E-state index in [2.05, 4.69) is 5.32 Å². The number of nitrogens with one attached hydrogen (secondary N) is 2. The third kappa shape index (κ3) is 5.75. The van der Waals surface area contributed by atoms with E-state index >= 15 is 0 Å². The zero-order chi connectivity index (χ0) is 25.2. The molecule has 3 N–H and O–H groups in total. The van der Waals surface area contributed by atoms with Gasteiger partial charge in [-0.3, -0.25) is 9.59 Å². The number of fused-ring (bicyclic) bond motifs is 3. The maximum Gasteiger partial charge on any atom is 0.408 e. The predicted octanol–water partition coefficient (Wildman–Crippen LogP) is 4.07. The molecule has 0 heterocycles.